The maximum Gasteiger partial charge on any atom is 0.305 e. The molecular weight excluding hydrogens is 360 g/mol. The van der Waals surface area contributed by atoms with Crippen molar-refractivity contribution in [2.24, 2.45) is 10.2 Å². The van der Waals surface area contributed by atoms with Gasteiger partial charge in [-0.05, 0) is 61.5 Å². The van der Waals surface area contributed by atoms with Crippen LogP contribution in [0.5, 0.6) is 0 Å². The number of methoxy groups -OCH3 is 1. The molecule has 7 heteroatoms. The Balaban J connectivity index is 1.67. The number of thiocarbonyl (C=S) groups is 1. The predicted octanol–water partition coefficient (Wildman–Crippen LogP) is 5.12. The molecule has 0 heterocycles. The highest BCUT2D eigenvalue weighted by molar-refractivity contribution is 7.80. The summed E-state index contributed by atoms with van der Waals surface area (Å²) in [6.45, 7) is 0.760. The lowest BCUT2D eigenvalue weighted by atomic mass is 10.2. The summed E-state index contributed by atoms with van der Waals surface area (Å²) in [5.74, 6) is -0.160. The molecule has 142 valence electrons. The van der Waals surface area contributed by atoms with Crippen LogP contribution in [0.25, 0.3) is 0 Å². The van der Waals surface area contributed by atoms with Crippen molar-refractivity contribution in [3.63, 3.8) is 0 Å². The van der Waals surface area contributed by atoms with E-state index in [2.05, 4.69) is 25.6 Å². The maximum absolute atomic E-state index is 11.0. The molecule has 2 aromatic carbocycles. The first kappa shape index (κ1) is 20.5. The van der Waals surface area contributed by atoms with E-state index in [1.807, 2.05) is 54.6 Å². The summed E-state index contributed by atoms with van der Waals surface area (Å²) in [6.07, 6.45) is 3.18. The standard InChI is InChI=1S/C20H24N4O2S/c1-26-19(25)10-6-3-7-15-21-20(27)22-16-11-13-18(14-12-16)24-23-17-8-4-2-5-9-17/h2,4-5,8-9,11-14H,3,6-7,10,15H2,1H3,(H2,21,22,27). The molecule has 2 rings (SSSR count). The fraction of sp³-hybridized carbons (Fsp3) is 0.300. The van der Waals surface area contributed by atoms with Crippen LogP contribution in [0.1, 0.15) is 25.7 Å². The lowest BCUT2D eigenvalue weighted by Crippen LogP contribution is -2.29. The SMILES string of the molecule is COC(=O)CCCCCNC(=S)Nc1ccc(N=Nc2ccccc2)cc1. The number of nitrogens with zero attached hydrogens (tertiary/aromatic N) is 2. The van der Waals surface area contributed by atoms with Crippen LogP contribution in [0.2, 0.25) is 0 Å². The third-order valence-electron chi connectivity index (χ3n) is 3.73. The molecule has 0 bridgehead atoms. The van der Waals surface area contributed by atoms with E-state index in [9.17, 15) is 4.79 Å². The number of benzene rings is 2. The maximum atomic E-state index is 11.0. The molecular formula is C20H24N4O2S. The molecule has 0 aliphatic carbocycles. The zero-order chi connectivity index (χ0) is 19.3. The van der Waals surface area contributed by atoms with Crippen LogP contribution < -0.4 is 10.6 Å². The Morgan fingerprint density at radius 2 is 1.63 bits per heavy atom. The lowest BCUT2D eigenvalue weighted by Gasteiger charge is -2.10. The monoisotopic (exact) mass is 384 g/mol. The molecule has 0 atom stereocenters. The van der Waals surface area contributed by atoms with Crippen LogP contribution in [0, 0.1) is 0 Å². The van der Waals surface area contributed by atoms with E-state index < -0.39 is 0 Å². The number of esters is 1. The molecule has 0 spiro atoms. The fourth-order valence-corrected chi connectivity index (χ4v) is 2.49. The topological polar surface area (TPSA) is 75.1 Å². The van der Waals surface area contributed by atoms with Crippen molar-refractivity contribution < 1.29 is 9.53 Å². The number of hydrogen-bond donors (Lipinski definition) is 2. The number of azo groups is 1. The van der Waals surface area contributed by atoms with E-state index >= 15 is 0 Å². The van der Waals surface area contributed by atoms with Gasteiger partial charge in [-0.1, -0.05) is 24.6 Å². The summed E-state index contributed by atoms with van der Waals surface area (Å²) in [6, 6.07) is 17.2. The van der Waals surface area contributed by atoms with Crippen molar-refractivity contribution in [1.82, 2.24) is 5.32 Å². The van der Waals surface area contributed by atoms with Gasteiger partial charge in [0.15, 0.2) is 5.11 Å². The van der Waals surface area contributed by atoms with Gasteiger partial charge in [-0.15, -0.1) is 0 Å². The number of carbonyl (C=O) groups excluding carboxylic acids is 1. The van der Waals surface area contributed by atoms with Gasteiger partial charge in [0.2, 0.25) is 0 Å². The zero-order valence-corrected chi connectivity index (χ0v) is 16.2. The van der Waals surface area contributed by atoms with Crippen LogP contribution in [-0.2, 0) is 9.53 Å². The Hall–Kier alpha value is -2.80. The highest BCUT2D eigenvalue weighted by Gasteiger charge is 2.00. The van der Waals surface area contributed by atoms with Crippen molar-refractivity contribution in [3.05, 3.63) is 54.6 Å². The molecule has 2 aromatic rings. The van der Waals surface area contributed by atoms with Gasteiger partial charge in [0.05, 0.1) is 18.5 Å². The molecule has 0 amide bonds. The number of carbonyl (C=O) groups is 1. The second kappa shape index (κ2) is 11.7. The van der Waals surface area contributed by atoms with Gasteiger partial charge in [-0.3, -0.25) is 4.79 Å². The second-order valence-corrected chi connectivity index (χ2v) is 6.26. The van der Waals surface area contributed by atoms with Gasteiger partial charge in [0, 0.05) is 18.7 Å². The minimum absolute atomic E-state index is 0.160. The first-order chi connectivity index (χ1) is 13.2. The summed E-state index contributed by atoms with van der Waals surface area (Å²) < 4.78 is 4.61. The van der Waals surface area contributed by atoms with Gasteiger partial charge in [-0.2, -0.15) is 10.2 Å². The van der Waals surface area contributed by atoms with Gasteiger partial charge >= 0.3 is 5.97 Å². The number of unbranched alkanes of at least 4 members (excludes halogenated alkanes) is 2. The number of rotatable bonds is 9. The van der Waals surface area contributed by atoms with E-state index in [4.69, 9.17) is 12.2 Å². The second-order valence-electron chi connectivity index (χ2n) is 5.85. The molecule has 0 aliphatic heterocycles. The van der Waals surface area contributed by atoms with Crippen LogP contribution in [0.4, 0.5) is 17.1 Å². The Morgan fingerprint density at radius 1 is 0.963 bits per heavy atom. The number of anilines is 1. The largest absolute Gasteiger partial charge is 0.469 e. The predicted molar refractivity (Wildman–Crippen MR) is 112 cm³/mol. The van der Waals surface area contributed by atoms with Gasteiger partial charge in [0.1, 0.15) is 0 Å². The summed E-state index contributed by atoms with van der Waals surface area (Å²) in [5, 5.41) is 15.3. The van der Waals surface area contributed by atoms with E-state index in [1.54, 1.807) is 0 Å². The van der Waals surface area contributed by atoms with E-state index in [1.165, 1.54) is 7.11 Å². The molecule has 27 heavy (non-hydrogen) atoms. The molecule has 0 fully saturated rings. The minimum atomic E-state index is -0.160. The zero-order valence-electron chi connectivity index (χ0n) is 15.4. The van der Waals surface area contributed by atoms with E-state index in [0.717, 1.165) is 42.9 Å². The van der Waals surface area contributed by atoms with Gasteiger partial charge in [0.25, 0.3) is 0 Å². The third-order valence-corrected chi connectivity index (χ3v) is 3.98. The van der Waals surface area contributed by atoms with Crippen molar-refractivity contribution in [2.75, 3.05) is 19.0 Å². The van der Waals surface area contributed by atoms with E-state index in [-0.39, 0.29) is 5.97 Å². The molecule has 2 N–H and O–H groups in total. The average molecular weight is 385 g/mol. The first-order valence-electron chi connectivity index (χ1n) is 8.86. The van der Waals surface area contributed by atoms with Crippen LogP contribution in [-0.4, -0.2) is 24.7 Å². The number of hydrogen-bond acceptors (Lipinski definition) is 5. The van der Waals surface area contributed by atoms with E-state index in [0.29, 0.717) is 11.5 Å². The highest BCUT2D eigenvalue weighted by Crippen LogP contribution is 2.19. The Labute approximate surface area is 165 Å². The summed E-state index contributed by atoms with van der Waals surface area (Å²) in [4.78, 5) is 11.0. The highest BCUT2D eigenvalue weighted by atomic mass is 32.1. The fourth-order valence-electron chi connectivity index (χ4n) is 2.27. The normalized spacial score (nSPS) is 10.6. The van der Waals surface area contributed by atoms with Crippen molar-refractivity contribution in [3.8, 4) is 0 Å². The molecule has 0 saturated carbocycles. The molecule has 0 unspecified atom stereocenters. The molecule has 0 saturated heterocycles. The molecule has 0 aliphatic rings. The smallest absolute Gasteiger partial charge is 0.305 e. The van der Waals surface area contributed by atoms with Crippen LogP contribution in [0.3, 0.4) is 0 Å². The molecule has 0 radical (unpaired) electrons. The minimum Gasteiger partial charge on any atom is -0.469 e. The lowest BCUT2D eigenvalue weighted by molar-refractivity contribution is -0.140. The summed E-state index contributed by atoms with van der Waals surface area (Å²) in [5.41, 5.74) is 2.47. The Morgan fingerprint density at radius 3 is 2.30 bits per heavy atom. The Kier molecular flexibility index (Phi) is 8.92. The quantitative estimate of drug-likeness (QED) is 0.272. The summed E-state index contributed by atoms with van der Waals surface area (Å²) in [7, 11) is 1.41. The Bertz CT molecular complexity index is 748. The molecule has 6 nitrogen and oxygen atoms in total. The summed E-state index contributed by atoms with van der Waals surface area (Å²) >= 11 is 5.28. The van der Waals surface area contributed by atoms with Crippen LogP contribution in [0.15, 0.2) is 64.8 Å². The van der Waals surface area contributed by atoms with Gasteiger partial charge in [-0.25, -0.2) is 0 Å². The third kappa shape index (κ3) is 8.42. The number of ether oxygens (including phenoxy) is 1. The first-order valence-corrected chi connectivity index (χ1v) is 9.27. The van der Waals surface area contributed by atoms with Crippen molar-refractivity contribution in [2.45, 2.75) is 25.7 Å². The molecule has 0 aromatic heterocycles. The van der Waals surface area contributed by atoms with Crippen molar-refractivity contribution >= 4 is 40.4 Å². The average Bonchev–Trinajstić information content (AvgIpc) is 2.70. The van der Waals surface area contributed by atoms with Crippen molar-refractivity contribution in [1.29, 1.82) is 0 Å². The number of nitrogens with one attached hydrogen (secondary N) is 2. The van der Waals surface area contributed by atoms with Gasteiger partial charge < -0.3 is 15.4 Å². The van der Waals surface area contributed by atoms with Crippen LogP contribution >= 0.6 is 12.2 Å².